The molecule has 0 radical (unpaired) electrons. The van der Waals surface area contributed by atoms with Gasteiger partial charge in [0.05, 0.1) is 4.92 Å². The fraction of sp³-hybridized carbons (Fsp3) is 0.278. The first-order valence-electron chi connectivity index (χ1n) is 8.06. The van der Waals surface area contributed by atoms with Gasteiger partial charge in [0, 0.05) is 42.7 Å². The molecule has 2 aromatic rings. The zero-order valence-electron chi connectivity index (χ0n) is 14.6. The number of nitro benzene ring substituents is 1. The average Bonchev–Trinajstić information content (AvgIpc) is 2.63. The number of benzene rings is 2. The Labute approximate surface area is 166 Å². The van der Waals surface area contributed by atoms with E-state index in [1.165, 1.54) is 24.3 Å². The topological polar surface area (TPSA) is 81.9 Å². The van der Waals surface area contributed by atoms with Gasteiger partial charge in [-0.1, -0.05) is 0 Å². The summed E-state index contributed by atoms with van der Waals surface area (Å²) in [6.07, 6.45) is -0.932. The molecule has 0 fully saturated rings. The number of non-ortho nitro benzene ring substituents is 1. The van der Waals surface area contributed by atoms with Gasteiger partial charge in [0.1, 0.15) is 11.5 Å². The van der Waals surface area contributed by atoms with Crippen LogP contribution in [0.2, 0.25) is 0 Å². The lowest BCUT2D eigenvalue weighted by Gasteiger charge is -2.23. The minimum absolute atomic E-state index is 0.0967. The number of carbonyl (C=O) groups excluding carboxylic acids is 1. The highest BCUT2D eigenvalue weighted by Crippen LogP contribution is 2.25. The lowest BCUT2D eigenvalue weighted by molar-refractivity contribution is -0.384. The molecule has 0 bridgehead atoms. The summed E-state index contributed by atoms with van der Waals surface area (Å²) in [5.74, 6) is 1.43. The lowest BCUT2D eigenvalue weighted by Crippen LogP contribution is -2.27. The minimum Gasteiger partial charge on any atom is -0.395 e. The zero-order chi connectivity index (χ0) is 19.8. The van der Waals surface area contributed by atoms with Crippen LogP contribution in [0.15, 0.2) is 42.5 Å². The van der Waals surface area contributed by atoms with E-state index in [0.29, 0.717) is 30.6 Å². The van der Waals surface area contributed by atoms with Crippen LogP contribution in [0.25, 0.3) is 0 Å². The molecule has 0 unspecified atom stereocenters. The molecule has 0 saturated carbocycles. The van der Waals surface area contributed by atoms with E-state index >= 15 is 0 Å². The van der Waals surface area contributed by atoms with Crippen molar-refractivity contribution in [1.29, 1.82) is 0 Å². The predicted octanol–water partition coefficient (Wildman–Crippen LogP) is 4.77. The highest BCUT2D eigenvalue weighted by molar-refractivity contribution is 6.18. The molecule has 0 saturated heterocycles. The van der Waals surface area contributed by atoms with E-state index in [-0.39, 0.29) is 11.4 Å². The number of nitro groups is 1. The summed E-state index contributed by atoms with van der Waals surface area (Å²) in [7, 11) is 0. The fourth-order valence-corrected chi connectivity index (χ4v) is 2.77. The molecule has 0 amide bonds. The van der Waals surface area contributed by atoms with Gasteiger partial charge in [-0.3, -0.25) is 10.1 Å². The Kier molecular flexibility index (Phi) is 7.69. The van der Waals surface area contributed by atoms with Gasteiger partial charge in [-0.25, -0.2) is 4.79 Å². The summed E-state index contributed by atoms with van der Waals surface area (Å²) < 4.78 is 10.2. The Morgan fingerprint density at radius 2 is 1.70 bits per heavy atom. The third-order valence-electron chi connectivity index (χ3n) is 3.67. The largest absolute Gasteiger partial charge is 0.519 e. The Hall–Kier alpha value is -2.51. The second kappa shape index (κ2) is 9.99. The van der Waals surface area contributed by atoms with Crippen LogP contribution in [0.3, 0.4) is 0 Å². The van der Waals surface area contributed by atoms with Gasteiger partial charge in [0.25, 0.3) is 5.69 Å². The number of hydrogen-bond acceptors (Lipinski definition) is 6. The van der Waals surface area contributed by atoms with Crippen molar-refractivity contribution in [2.45, 2.75) is 6.92 Å². The lowest BCUT2D eigenvalue weighted by atomic mass is 10.2. The molecule has 2 aromatic carbocycles. The van der Waals surface area contributed by atoms with Crippen molar-refractivity contribution in [2.24, 2.45) is 0 Å². The molecule has 2 rings (SSSR count). The fourth-order valence-electron chi connectivity index (χ4n) is 2.36. The first kappa shape index (κ1) is 20.8. The van der Waals surface area contributed by atoms with E-state index < -0.39 is 11.1 Å². The Bertz CT molecular complexity index is 793. The summed E-state index contributed by atoms with van der Waals surface area (Å²) in [6.45, 7) is 3.10. The quantitative estimate of drug-likeness (QED) is 0.204. The van der Waals surface area contributed by atoms with E-state index in [9.17, 15) is 14.9 Å². The van der Waals surface area contributed by atoms with Crippen LogP contribution in [0.5, 0.6) is 11.5 Å². The number of alkyl halides is 2. The smallest absolute Gasteiger partial charge is 0.395 e. The van der Waals surface area contributed by atoms with E-state index in [1.54, 1.807) is 19.1 Å². The van der Waals surface area contributed by atoms with Gasteiger partial charge in [0.2, 0.25) is 0 Å². The molecule has 144 valence electrons. The first-order valence-corrected chi connectivity index (χ1v) is 9.13. The molecule has 0 aliphatic heterocycles. The third-order valence-corrected chi connectivity index (χ3v) is 4.01. The number of aryl methyl sites for hydroxylation is 1. The van der Waals surface area contributed by atoms with Crippen LogP contribution < -0.4 is 14.4 Å². The maximum Gasteiger partial charge on any atom is 0.519 e. The highest BCUT2D eigenvalue weighted by atomic mass is 35.5. The molecular formula is C18H18Cl2N2O5. The third kappa shape index (κ3) is 6.01. The normalized spacial score (nSPS) is 10.3. The van der Waals surface area contributed by atoms with Gasteiger partial charge in [-0.2, -0.15) is 0 Å². The molecule has 0 aliphatic carbocycles. The van der Waals surface area contributed by atoms with Gasteiger partial charge < -0.3 is 14.4 Å². The van der Waals surface area contributed by atoms with Gasteiger partial charge in [0.15, 0.2) is 0 Å². The molecule has 0 aromatic heterocycles. The predicted molar refractivity (Wildman–Crippen MR) is 105 cm³/mol. The number of ether oxygens (including phenoxy) is 2. The van der Waals surface area contributed by atoms with Crippen molar-refractivity contribution in [3.8, 4) is 11.5 Å². The summed E-state index contributed by atoms with van der Waals surface area (Å²) in [5, 5.41) is 10.6. The van der Waals surface area contributed by atoms with Crippen LogP contribution in [0.1, 0.15) is 5.56 Å². The second-order valence-electron chi connectivity index (χ2n) is 5.52. The monoisotopic (exact) mass is 412 g/mol. The number of anilines is 1. The van der Waals surface area contributed by atoms with Crippen LogP contribution in [-0.4, -0.2) is 35.9 Å². The molecule has 0 atom stereocenters. The van der Waals surface area contributed by atoms with E-state index in [2.05, 4.69) is 0 Å². The summed E-state index contributed by atoms with van der Waals surface area (Å²) in [4.78, 5) is 24.1. The van der Waals surface area contributed by atoms with Crippen LogP contribution in [0, 0.1) is 17.0 Å². The van der Waals surface area contributed by atoms with Gasteiger partial charge in [-0.15, -0.1) is 23.2 Å². The first-order chi connectivity index (χ1) is 12.9. The van der Waals surface area contributed by atoms with Crippen molar-refractivity contribution < 1.29 is 19.2 Å². The number of carbonyl (C=O) groups is 1. The second-order valence-corrected chi connectivity index (χ2v) is 6.28. The molecule has 27 heavy (non-hydrogen) atoms. The molecule has 9 heteroatoms. The number of nitrogens with zero attached hydrogens (tertiary/aromatic N) is 2. The Balaban J connectivity index is 2.03. The van der Waals surface area contributed by atoms with E-state index in [1.807, 2.05) is 11.0 Å². The van der Waals surface area contributed by atoms with Crippen molar-refractivity contribution in [2.75, 3.05) is 29.7 Å². The zero-order valence-corrected chi connectivity index (χ0v) is 16.1. The SMILES string of the molecule is Cc1cc(N(CCCl)CCCl)ccc1OC(=O)Oc1ccc([N+](=O)[O-])cc1. The summed E-state index contributed by atoms with van der Waals surface area (Å²) in [5.41, 5.74) is 1.56. The van der Waals surface area contributed by atoms with Gasteiger partial charge >= 0.3 is 6.16 Å². The van der Waals surface area contributed by atoms with Crippen LogP contribution in [0.4, 0.5) is 16.2 Å². The molecular weight excluding hydrogens is 395 g/mol. The molecule has 0 heterocycles. The van der Waals surface area contributed by atoms with Crippen molar-refractivity contribution >= 4 is 40.7 Å². The highest BCUT2D eigenvalue weighted by Gasteiger charge is 2.13. The average molecular weight is 413 g/mol. The summed E-state index contributed by atoms with van der Waals surface area (Å²) >= 11 is 11.6. The van der Waals surface area contributed by atoms with E-state index in [0.717, 1.165) is 11.3 Å². The standard InChI is InChI=1S/C18H18Cl2N2O5/c1-13-12-15(21(10-8-19)11-9-20)4-7-17(13)27-18(23)26-16-5-2-14(3-6-16)22(24)25/h2-7,12H,8-11H2,1H3. The Morgan fingerprint density at radius 3 is 2.22 bits per heavy atom. The number of hydrogen-bond donors (Lipinski definition) is 0. The van der Waals surface area contributed by atoms with E-state index in [4.69, 9.17) is 32.7 Å². The van der Waals surface area contributed by atoms with Crippen LogP contribution >= 0.6 is 23.2 Å². The van der Waals surface area contributed by atoms with Crippen LogP contribution in [-0.2, 0) is 0 Å². The Morgan fingerprint density at radius 1 is 1.07 bits per heavy atom. The maximum absolute atomic E-state index is 12.0. The summed E-state index contributed by atoms with van der Waals surface area (Å²) in [6, 6.07) is 10.5. The molecule has 0 spiro atoms. The minimum atomic E-state index is -0.932. The van der Waals surface area contributed by atoms with Gasteiger partial charge in [-0.05, 0) is 42.8 Å². The van der Waals surface area contributed by atoms with Crippen molar-refractivity contribution in [1.82, 2.24) is 0 Å². The number of halogens is 2. The molecule has 7 nitrogen and oxygen atoms in total. The number of rotatable bonds is 8. The molecule has 0 N–H and O–H groups in total. The van der Waals surface area contributed by atoms with Crippen molar-refractivity contribution in [3.05, 3.63) is 58.1 Å². The maximum atomic E-state index is 12.0. The molecule has 0 aliphatic rings. The van der Waals surface area contributed by atoms with Crippen molar-refractivity contribution in [3.63, 3.8) is 0 Å².